The molecule has 12 aromatic rings. The van der Waals surface area contributed by atoms with Gasteiger partial charge in [-0.2, -0.15) is 0 Å². The number of benzene rings is 8. The maximum atomic E-state index is 6.49. The van der Waals surface area contributed by atoms with Crippen molar-refractivity contribution in [2.24, 2.45) is 0 Å². The third-order valence-corrected chi connectivity index (χ3v) is 11.1. The van der Waals surface area contributed by atoms with Crippen molar-refractivity contribution in [2.45, 2.75) is 0 Å². The number of hydrogen-bond acceptors (Lipinski definition) is 3. The number of fused-ring (bicyclic) bond motifs is 11. The minimum atomic E-state index is 0.645. The second-order valence-corrected chi connectivity index (χ2v) is 14.2. The van der Waals surface area contributed by atoms with Crippen LogP contribution in [-0.4, -0.2) is 19.1 Å². The number of furan rings is 1. The summed E-state index contributed by atoms with van der Waals surface area (Å²) in [6.07, 6.45) is 0. The van der Waals surface area contributed by atoms with Gasteiger partial charge in [-0.05, 0) is 59.7 Å². The van der Waals surface area contributed by atoms with Gasteiger partial charge in [0.25, 0.3) is 0 Å². The zero-order valence-electron chi connectivity index (χ0n) is 29.5. The Bertz CT molecular complexity index is 3470. The Kier molecular flexibility index (Phi) is 6.27. The lowest BCUT2D eigenvalue weighted by Crippen LogP contribution is -2.03. The average Bonchev–Trinajstić information content (AvgIpc) is 3.90. The maximum Gasteiger partial charge on any atom is 0.235 e. The molecule has 0 atom stereocenters. The highest BCUT2D eigenvalue weighted by atomic mass is 16.3. The SMILES string of the molecule is c1ccc(-c2ccc(-n3c4cc5oc6ccccc6c5cc4c4c5c6ccccc6n(-c6nc(-c7ccccc7)c7ccccc7n6)c5ccc43)cc2)cc1. The molecule has 4 aromatic heterocycles. The summed E-state index contributed by atoms with van der Waals surface area (Å²) in [7, 11) is 0. The molecule has 0 aliphatic carbocycles. The quantitative estimate of drug-likeness (QED) is 0.183. The van der Waals surface area contributed by atoms with Crippen LogP contribution in [0.1, 0.15) is 0 Å². The first-order chi connectivity index (χ1) is 27.3. The van der Waals surface area contributed by atoms with Crippen LogP contribution in [0, 0.1) is 0 Å². The molecule has 5 nitrogen and oxygen atoms in total. The molecule has 0 unspecified atom stereocenters. The monoisotopic (exact) mass is 702 g/mol. The first-order valence-electron chi connectivity index (χ1n) is 18.6. The standard InChI is InChI=1S/C50H30N4O/c1-3-13-31(14-4-1)32-23-25-34(26-24-32)53-42-27-28-43-47(48(42)39-29-38-35-17-9-12-22-45(35)55-46(38)30-44(39)53)37-19-8-11-21-41(37)54(43)50-51-40-20-10-7-18-36(40)49(52-50)33-15-5-2-6-16-33/h1-30H. The van der Waals surface area contributed by atoms with Crippen molar-refractivity contribution >= 4 is 76.5 Å². The molecule has 0 aliphatic heterocycles. The average molecular weight is 703 g/mol. The van der Waals surface area contributed by atoms with E-state index in [1.165, 1.54) is 27.3 Å². The van der Waals surface area contributed by atoms with Crippen molar-refractivity contribution in [1.82, 2.24) is 19.1 Å². The van der Waals surface area contributed by atoms with E-state index < -0.39 is 0 Å². The van der Waals surface area contributed by atoms with Crippen LogP contribution in [0.25, 0.3) is 110 Å². The normalized spacial score (nSPS) is 12.0. The van der Waals surface area contributed by atoms with Crippen molar-refractivity contribution in [3.8, 4) is 34.0 Å². The van der Waals surface area contributed by atoms with E-state index in [1.807, 2.05) is 24.3 Å². The van der Waals surface area contributed by atoms with E-state index in [-0.39, 0.29) is 0 Å². The van der Waals surface area contributed by atoms with Gasteiger partial charge in [0.2, 0.25) is 5.95 Å². The molecular weight excluding hydrogens is 673 g/mol. The van der Waals surface area contributed by atoms with Gasteiger partial charge in [-0.3, -0.25) is 4.57 Å². The molecule has 55 heavy (non-hydrogen) atoms. The predicted octanol–water partition coefficient (Wildman–Crippen LogP) is 13.1. The van der Waals surface area contributed by atoms with Crippen molar-refractivity contribution in [3.63, 3.8) is 0 Å². The number of hydrogen-bond donors (Lipinski definition) is 0. The summed E-state index contributed by atoms with van der Waals surface area (Å²) >= 11 is 0. The Morgan fingerprint density at radius 3 is 1.78 bits per heavy atom. The Morgan fingerprint density at radius 1 is 0.364 bits per heavy atom. The number of rotatable bonds is 4. The van der Waals surface area contributed by atoms with Gasteiger partial charge >= 0.3 is 0 Å². The Balaban J connectivity index is 1.20. The van der Waals surface area contributed by atoms with Gasteiger partial charge in [-0.25, -0.2) is 9.97 Å². The third kappa shape index (κ3) is 4.41. The Hall–Kier alpha value is -7.50. The van der Waals surface area contributed by atoms with Gasteiger partial charge in [-0.15, -0.1) is 0 Å². The molecule has 0 amide bonds. The molecule has 0 saturated carbocycles. The summed E-state index contributed by atoms with van der Waals surface area (Å²) in [5.74, 6) is 0.645. The molecule has 0 spiro atoms. The summed E-state index contributed by atoms with van der Waals surface area (Å²) in [4.78, 5) is 10.6. The second-order valence-electron chi connectivity index (χ2n) is 14.2. The van der Waals surface area contributed by atoms with Gasteiger partial charge in [0.15, 0.2) is 0 Å². The molecule has 0 N–H and O–H groups in total. The lowest BCUT2D eigenvalue weighted by atomic mass is 10.0. The molecule has 0 saturated heterocycles. The van der Waals surface area contributed by atoms with E-state index in [4.69, 9.17) is 14.4 Å². The van der Waals surface area contributed by atoms with Crippen LogP contribution in [0.2, 0.25) is 0 Å². The van der Waals surface area contributed by atoms with Crippen molar-refractivity contribution in [2.75, 3.05) is 0 Å². The lowest BCUT2D eigenvalue weighted by molar-refractivity contribution is 0.669. The van der Waals surface area contributed by atoms with Crippen molar-refractivity contribution in [3.05, 3.63) is 182 Å². The zero-order valence-corrected chi connectivity index (χ0v) is 29.5. The minimum absolute atomic E-state index is 0.645. The van der Waals surface area contributed by atoms with Gasteiger partial charge in [0, 0.05) is 55.0 Å². The van der Waals surface area contributed by atoms with Crippen LogP contribution < -0.4 is 0 Å². The van der Waals surface area contributed by atoms with E-state index >= 15 is 0 Å². The molecule has 0 fully saturated rings. The first-order valence-corrected chi connectivity index (χ1v) is 18.6. The van der Waals surface area contributed by atoms with Crippen LogP contribution in [0.3, 0.4) is 0 Å². The fraction of sp³-hybridized carbons (Fsp3) is 0. The maximum absolute atomic E-state index is 6.49. The molecule has 12 rings (SSSR count). The van der Waals surface area contributed by atoms with E-state index in [0.29, 0.717) is 5.95 Å². The summed E-state index contributed by atoms with van der Waals surface area (Å²) in [5, 5.41) is 7.91. The topological polar surface area (TPSA) is 48.8 Å². The van der Waals surface area contributed by atoms with Gasteiger partial charge < -0.3 is 8.98 Å². The lowest BCUT2D eigenvalue weighted by Gasteiger charge is -2.12. The van der Waals surface area contributed by atoms with E-state index in [9.17, 15) is 0 Å². The molecule has 0 bridgehead atoms. The zero-order chi connectivity index (χ0) is 36.0. The smallest absolute Gasteiger partial charge is 0.235 e. The Labute approximate surface area is 315 Å². The third-order valence-electron chi connectivity index (χ3n) is 11.1. The highest BCUT2D eigenvalue weighted by Crippen LogP contribution is 2.44. The molecule has 0 aliphatic rings. The van der Waals surface area contributed by atoms with Crippen molar-refractivity contribution in [1.29, 1.82) is 0 Å². The van der Waals surface area contributed by atoms with Crippen LogP contribution >= 0.6 is 0 Å². The first kappa shape index (κ1) is 30.0. The van der Waals surface area contributed by atoms with E-state index in [2.05, 4.69) is 167 Å². The molecule has 256 valence electrons. The molecular formula is C50H30N4O. The fourth-order valence-corrected chi connectivity index (χ4v) is 8.69. The number of aromatic nitrogens is 4. The molecule has 0 radical (unpaired) electrons. The summed E-state index contributed by atoms with van der Waals surface area (Å²) < 4.78 is 11.1. The summed E-state index contributed by atoms with van der Waals surface area (Å²) in [5.41, 5.74) is 12.4. The van der Waals surface area contributed by atoms with Crippen LogP contribution in [0.4, 0.5) is 0 Å². The van der Waals surface area contributed by atoms with Crippen LogP contribution in [-0.2, 0) is 0 Å². The van der Waals surface area contributed by atoms with Crippen molar-refractivity contribution < 1.29 is 4.42 Å². The van der Waals surface area contributed by atoms with Gasteiger partial charge in [-0.1, -0.05) is 127 Å². The number of nitrogens with zero attached hydrogens (tertiary/aromatic N) is 4. The second kappa shape index (κ2) is 11.5. The highest BCUT2D eigenvalue weighted by Gasteiger charge is 2.23. The largest absolute Gasteiger partial charge is 0.456 e. The van der Waals surface area contributed by atoms with Gasteiger partial charge in [0.05, 0.1) is 33.3 Å². The number of para-hydroxylation sites is 3. The van der Waals surface area contributed by atoms with E-state index in [1.54, 1.807) is 0 Å². The highest BCUT2D eigenvalue weighted by molar-refractivity contribution is 6.30. The van der Waals surface area contributed by atoms with Crippen LogP contribution in [0.15, 0.2) is 186 Å². The minimum Gasteiger partial charge on any atom is -0.456 e. The molecule has 4 heterocycles. The Morgan fingerprint density at radius 2 is 0.982 bits per heavy atom. The molecule has 8 aromatic carbocycles. The molecule has 5 heteroatoms. The summed E-state index contributed by atoms with van der Waals surface area (Å²) in [6, 6.07) is 64.1. The van der Waals surface area contributed by atoms with Gasteiger partial charge in [0.1, 0.15) is 11.2 Å². The summed E-state index contributed by atoms with van der Waals surface area (Å²) in [6.45, 7) is 0. The fourth-order valence-electron chi connectivity index (χ4n) is 8.69. The van der Waals surface area contributed by atoms with E-state index in [0.717, 1.165) is 77.2 Å². The predicted molar refractivity (Wildman–Crippen MR) is 226 cm³/mol. The van der Waals surface area contributed by atoms with Crippen LogP contribution in [0.5, 0.6) is 0 Å².